The Balaban J connectivity index is 1.32. The molecule has 2 N–H and O–H groups in total. The molecule has 1 fully saturated rings. The Labute approximate surface area is 206 Å². The van der Waals surface area contributed by atoms with Crippen LogP contribution in [0.1, 0.15) is 39.0 Å². The molecule has 0 spiro atoms. The molecule has 2 amide bonds. The zero-order valence-electron chi connectivity index (χ0n) is 19.0. The fourth-order valence-corrected chi connectivity index (χ4v) is 5.66. The van der Waals surface area contributed by atoms with Gasteiger partial charge in [0.15, 0.2) is 16.6 Å². The first kappa shape index (κ1) is 24.5. The van der Waals surface area contributed by atoms with Crippen molar-refractivity contribution in [3.8, 4) is 17.2 Å². The van der Waals surface area contributed by atoms with Gasteiger partial charge < -0.3 is 24.2 Å². The Bertz CT molecular complexity index is 993. The van der Waals surface area contributed by atoms with Gasteiger partial charge in [-0.15, -0.1) is 11.8 Å². The molecule has 1 aromatic heterocycles. The standard InChI is InChI=1S/C23H29N3O6S2/c1-15-3-5-16(6-4-15)26(23(29)25-22-24-12-21(34-22)33-13-20(27)28)9-2-10-30-17-7-8-18-19(11-17)32-14-31-18/h7-8,11-12,15-16H,2-6,9-10,13-14H2,1H3,(H,27,28)(H,24,25,29)/t15-,16-. The molecular formula is C23H29N3O6S2. The lowest BCUT2D eigenvalue weighted by atomic mass is 9.86. The number of anilines is 1. The smallest absolute Gasteiger partial charge is 0.323 e. The number of fused-ring (bicyclic) bond motifs is 1. The van der Waals surface area contributed by atoms with Crippen molar-refractivity contribution in [1.82, 2.24) is 9.88 Å². The predicted octanol–water partition coefficient (Wildman–Crippen LogP) is 4.93. The number of aromatic nitrogens is 1. The summed E-state index contributed by atoms with van der Waals surface area (Å²) in [6, 6.07) is 5.51. The molecule has 0 saturated heterocycles. The molecule has 34 heavy (non-hydrogen) atoms. The summed E-state index contributed by atoms with van der Waals surface area (Å²) in [5, 5.41) is 12.2. The van der Waals surface area contributed by atoms with E-state index in [0.29, 0.717) is 47.9 Å². The summed E-state index contributed by atoms with van der Waals surface area (Å²) in [5.41, 5.74) is 0. The van der Waals surface area contributed by atoms with Gasteiger partial charge >= 0.3 is 12.0 Å². The first-order valence-corrected chi connectivity index (χ1v) is 13.2. The number of carbonyl (C=O) groups is 2. The number of ether oxygens (including phenoxy) is 3. The third-order valence-corrected chi connectivity index (χ3v) is 7.97. The largest absolute Gasteiger partial charge is 0.493 e. The number of rotatable bonds is 10. The van der Waals surface area contributed by atoms with Crippen molar-refractivity contribution < 1.29 is 28.9 Å². The summed E-state index contributed by atoms with van der Waals surface area (Å²) in [6.45, 7) is 3.52. The van der Waals surface area contributed by atoms with Gasteiger partial charge in [0.1, 0.15) is 5.75 Å². The molecule has 2 aliphatic rings. The van der Waals surface area contributed by atoms with E-state index in [1.54, 1.807) is 6.20 Å². The number of hydrogen-bond acceptors (Lipinski definition) is 8. The average Bonchev–Trinajstić information content (AvgIpc) is 3.47. The van der Waals surface area contributed by atoms with Gasteiger partial charge in [0.2, 0.25) is 6.79 Å². The molecule has 0 atom stereocenters. The van der Waals surface area contributed by atoms with Gasteiger partial charge in [-0.2, -0.15) is 0 Å². The summed E-state index contributed by atoms with van der Waals surface area (Å²) < 4.78 is 17.4. The Hall–Kier alpha value is -2.66. The number of nitrogens with one attached hydrogen (secondary N) is 1. The average molecular weight is 508 g/mol. The fourth-order valence-electron chi connectivity index (χ4n) is 4.08. The minimum Gasteiger partial charge on any atom is -0.493 e. The second-order valence-corrected chi connectivity index (χ2v) is 10.7. The number of thioether (sulfide) groups is 1. The van der Waals surface area contributed by atoms with Crippen LogP contribution in [-0.4, -0.2) is 58.7 Å². The highest BCUT2D eigenvalue weighted by molar-refractivity contribution is 8.01. The Kier molecular flexibility index (Phi) is 8.39. The van der Waals surface area contributed by atoms with Crippen molar-refractivity contribution in [2.75, 3.05) is 31.0 Å². The van der Waals surface area contributed by atoms with Crippen LogP contribution in [0, 0.1) is 5.92 Å². The molecule has 11 heteroatoms. The van der Waals surface area contributed by atoms with Crippen molar-refractivity contribution in [2.24, 2.45) is 5.92 Å². The van der Waals surface area contributed by atoms with Gasteiger partial charge in [-0.25, -0.2) is 9.78 Å². The molecule has 9 nitrogen and oxygen atoms in total. The zero-order valence-corrected chi connectivity index (χ0v) is 20.7. The summed E-state index contributed by atoms with van der Waals surface area (Å²) in [7, 11) is 0. The molecule has 0 bridgehead atoms. The number of urea groups is 1. The highest BCUT2D eigenvalue weighted by Gasteiger charge is 2.28. The Morgan fingerprint density at radius 3 is 2.85 bits per heavy atom. The van der Waals surface area contributed by atoms with Crippen LogP contribution < -0.4 is 19.5 Å². The number of hydrogen-bond donors (Lipinski definition) is 2. The van der Waals surface area contributed by atoms with Crippen molar-refractivity contribution in [3.63, 3.8) is 0 Å². The highest BCUT2D eigenvalue weighted by Crippen LogP contribution is 2.35. The molecule has 184 valence electrons. The van der Waals surface area contributed by atoms with Crippen LogP contribution in [0.2, 0.25) is 0 Å². The summed E-state index contributed by atoms with van der Waals surface area (Å²) in [5.74, 6) is 1.87. The lowest BCUT2D eigenvalue weighted by molar-refractivity contribution is -0.133. The SMILES string of the molecule is C[C@H]1CC[C@H](N(CCCOc2ccc3c(c2)OCO3)C(=O)Nc2ncc(SCC(=O)O)s2)CC1. The van der Waals surface area contributed by atoms with E-state index in [2.05, 4.69) is 17.2 Å². The number of nitrogens with zero attached hydrogens (tertiary/aromatic N) is 2. The summed E-state index contributed by atoms with van der Waals surface area (Å²) >= 11 is 2.48. The van der Waals surface area contributed by atoms with Crippen molar-refractivity contribution >= 4 is 40.2 Å². The summed E-state index contributed by atoms with van der Waals surface area (Å²) in [4.78, 5) is 30.1. The van der Waals surface area contributed by atoms with Crippen LogP contribution in [-0.2, 0) is 4.79 Å². The fraction of sp³-hybridized carbons (Fsp3) is 0.522. The van der Waals surface area contributed by atoms with E-state index in [-0.39, 0.29) is 24.6 Å². The van der Waals surface area contributed by atoms with Crippen LogP contribution in [0.4, 0.5) is 9.93 Å². The number of thiazole rings is 1. The molecule has 1 saturated carbocycles. The van der Waals surface area contributed by atoms with Crippen LogP contribution in [0.25, 0.3) is 0 Å². The second kappa shape index (κ2) is 11.7. The summed E-state index contributed by atoms with van der Waals surface area (Å²) in [6.07, 6.45) is 6.46. The molecule has 2 heterocycles. The van der Waals surface area contributed by atoms with E-state index in [0.717, 1.165) is 29.9 Å². The minimum absolute atomic E-state index is 0.0364. The van der Waals surface area contributed by atoms with Crippen molar-refractivity contribution in [1.29, 1.82) is 0 Å². The lowest BCUT2D eigenvalue weighted by Gasteiger charge is -2.36. The molecule has 1 aromatic carbocycles. The van der Waals surface area contributed by atoms with Gasteiger partial charge in [-0.1, -0.05) is 18.3 Å². The molecule has 1 aliphatic carbocycles. The Morgan fingerprint density at radius 1 is 1.26 bits per heavy atom. The minimum atomic E-state index is -0.885. The molecule has 4 rings (SSSR count). The maximum Gasteiger partial charge on any atom is 0.323 e. The number of benzene rings is 1. The van der Waals surface area contributed by atoms with E-state index < -0.39 is 5.97 Å². The third kappa shape index (κ3) is 6.69. The highest BCUT2D eigenvalue weighted by atomic mass is 32.2. The monoisotopic (exact) mass is 507 g/mol. The van der Waals surface area contributed by atoms with E-state index in [4.69, 9.17) is 19.3 Å². The van der Waals surface area contributed by atoms with E-state index >= 15 is 0 Å². The number of amides is 2. The molecular weight excluding hydrogens is 478 g/mol. The lowest BCUT2D eigenvalue weighted by Crippen LogP contribution is -2.45. The molecule has 0 unspecified atom stereocenters. The third-order valence-electron chi connectivity index (χ3n) is 5.88. The second-order valence-electron chi connectivity index (χ2n) is 8.42. The first-order valence-electron chi connectivity index (χ1n) is 11.4. The number of carboxylic acid groups (broad SMARTS) is 1. The number of carbonyl (C=O) groups excluding carboxylic acids is 1. The van der Waals surface area contributed by atoms with Crippen molar-refractivity contribution in [3.05, 3.63) is 24.4 Å². The van der Waals surface area contributed by atoms with Crippen LogP contribution in [0.3, 0.4) is 0 Å². The van der Waals surface area contributed by atoms with Crippen molar-refractivity contribution in [2.45, 2.75) is 49.3 Å². The van der Waals surface area contributed by atoms with Gasteiger partial charge in [0, 0.05) is 18.7 Å². The van der Waals surface area contributed by atoms with E-state index in [1.165, 1.54) is 23.1 Å². The zero-order chi connectivity index (χ0) is 23.9. The number of aliphatic carboxylic acids is 1. The first-order chi connectivity index (χ1) is 16.5. The van der Waals surface area contributed by atoms with Gasteiger partial charge in [-0.3, -0.25) is 10.1 Å². The molecule has 1 aliphatic heterocycles. The van der Waals surface area contributed by atoms with Crippen LogP contribution in [0.15, 0.2) is 28.6 Å². The topological polar surface area (TPSA) is 110 Å². The van der Waals surface area contributed by atoms with E-state index in [1.807, 2.05) is 23.1 Å². The molecule has 2 aromatic rings. The van der Waals surface area contributed by atoms with E-state index in [9.17, 15) is 9.59 Å². The quantitative estimate of drug-likeness (QED) is 0.344. The van der Waals surface area contributed by atoms with Crippen LogP contribution in [0.5, 0.6) is 17.2 Å². The maximum atomic E-state index is 13.2. The molecule has 0 radical (unpaired) electrons. The predicted molar refractivity (Wildman–Crippen MR) is 130 cm³/mol. The van der Waals surface area contributed by atoms with Gasteiger partial charge in [0.05, 0.1) is 22.8 Å². The van der Waals surface area contributed by atoms with Crippen LogP contribution >= 0.6 is 23.1 Å². The van der Waals surface area contributed by atoms with Gasteiger partial charge in [-0.05, 0) is 50.2 Å². The Morgan fingerprint density at radius 2 is 2.06 bits per heavy atom. The number of carboxylic acids is 1. The van der Waals surface area contributed by atoms with Gasteiger partial charge in [0.25, 0.3) is 0 Å². The normalized spacial score (nSPS) is 19.0. The maximum absolute atomic E-state index is 13.2.